The molecule has 35 heavy (non-hydrogen) atoms. The van der Waals surface area contributed by atoms with Crippen LogP contribution in [0.5, 0.6) is 5.88 Å². The number of anilines is 1. The Morgan fingerprint density at radius 2 is 1.83 bits per heavy atom. The fourth-order valence-electron chi connectivity index (χ4n) is 4.78. The summed E-state index contributed by atoms with van der Waals surface area (Å²) in [5.41, 5.74) is 6.09. The number of benzene rings is 1. The van der Waals surface area contributed by atoms with E-state index in [1.807, 2.05) is 25.4 Å². The molecule has 1 N–H and O–H groups in total. The second-order valence-corrected chi connectivity index (χ2v) is 9.28. The SMILES string of the molecule is CCNCCCOc1ccc(-c2ccc3ncc4c(C)nc(N5C[C@@H](C)O[C@@H](C)C5)n4c3c2)cn1. The van der Waals surface area contributed by atoms with Crippen LogP contribution in [0.1, 0.15) is 32.9 Å². The number of nitrogens with zero attached hydrogens (tertiary/aromatic N) is 5. The van der Waals surface area contributed by atoms with E-state index in [0.717, 1.165) is 71.9 Å². The first-order chi connectivity index (χ1) is 17.0. The molecule has 0 amide bonds. The third-order valence-electron chi connectivity index (χ3n) is 6.39. The molecule has 8 heteroatoms. The zero-order valence-electron chi connectivity index (χ0n) is 21.0. The Kier molecular flexibility index (Phi) is 6.83. The summed E-state index contributed by atoms with van der Waals surface area (Å²) < 4.78 is 14.0. The molecule has 0 unspecified atom stereocenters. The Morgan fingerprint density at radius 1 is 1.03 bits per heavy atom. The molecule has 4 aromatic rings. The summed E-state index contributed by atoms with van der Waals surface area (Å²) in [4.78, 5) is 16.5. The fourth-order valence-corrected chi connectivity index (χ4v) is 4.78. The van der Waals surface area contributed by atoms with E-state index in [9.17, 15) is 0 Å². The number of ether oxygens (including phenoxy) is 2. The van der Waals surface area contributed by atoms with Crippen molar-refractivity contribution in [3.63, 3.8) is 0 Å². The van der Waals surface area contributed by atoms with Crippen molar-refractivity contribution in [2.45, 2.75) is 46.3 Å². The molecule has 3 aromatic heterocycles. The predicted octanol–water partition coefficient (Wildman–Crippen LogP) is 4.24. The molecule has 1 aromatic carbocycles. The van der Waals surface area contributed by atoms with Crippen molar-refractivity contribution in [3.8, 4) is 17.0 Å². The second-order valence-electron chi connectivity index (χ2n) is 9.28. The van der Waals surface area contributed by atoms with Crippen LogP contribution in [-0.2, 0) is 4.74 Å². The number of nitrogens with one attached hydrogen (secondary N) is 1. The molecule has 1 aliphatic heterocycles. The van der Waals surface area contributed by atoms with Crippen LogP contribution < -0.4 is 15.0 Å². The summed E-state index contributed by atoms with van der Waals surface area (Å²) in [5.74, 6) is 1.60. The van der Waals surface area contributed by atoms with Crippen molar-refractivity contribution in [2.75, 3.05) is 37.7 Å². The minimum Gasteiger partial charge on any atom is -0.478 e. The van der Waals surface area contributed by atoms with Gasteiger partial charge < -0.3 is 19.7 Å². The van der Waals surface area contributed by atoms with E-state index in [0.29, 0.717) is 12.5 Å². The highest BCUT2D eigenvalue weighted by Gasteiger charge is 2.26. The Morgan fingerprint density at radius 3 is 2.57 bits per heavy atom. The van der Waals surface area contributed by atoms with E-state index < -0.39 is 0 Å². The molecule has 184 valence electrons. The summed E-state index contributed by atoms with van der Waals surface area (Å²) in [6.45, 7) is 12.6. The van der Waals surface area contributed by atoms with Crippen LogP contribution in [0, 0.1) is 6.92 Å². The van der Waals surface area contributed by atoms with E-state index >= 15 is 0 Å². The van der Waals surface area contributed by atoms with Crippen LogP contribution in [0.15, 0.2) is 42.7 Å². The molecule has 0 spiro atoms. The maximum atomic E-state index is 5.96. The van der Waals surface area contributed by atoms with E-state index in [1.165, 1.54) is 0 Å². The third-order valence-corrected chi connectivity index (χ3v) is 6.39. The molecule has 0 aliphatic carbocycles. The molecular formula is C27H34N6O2. The lowest BCUT2D eigenvalue weighted by molar-refractivity contribution is -0.00573. The van der Waals surface area contributed by atoms with Gasteiger partial charge in [-0.05, 0) is 64.0 Å². The summed E-state index contributed by atoms with van der Waals surface area (Å²) in [6.07, 6.45) is 5.07. The van der Waals surface area contributed by atoms with E-state index in [1.54, 1.807) is 0 Å². The van der Waals surface area contributed by atoms with E-state index in [-0.39, 0.29) is 12.2 Å². The fraction of sp³-hybridized carbons (Fsp3) is 0.444. The quantitative estimate of drug-likeness (QED) is 0.383. The van der Waals surface area contributed by atoms with Gasteiger partial charge in [0.15, 0.2) is 0 Å². The molecular weight excluding hydrogens is 440 g/mol. The Bertz CT molecular complexity index is 1290. The normalized spacial score (nSPS) is 18.5. The molecule has 1 saturated heterocycles. The molecule has 4 heterocycles. The van der Waals surface area contributed by atoms with Gasteiger partial charge in [-0.25, -0.2) is 9.97 Å². The highest BCUT2D eigenvalue weighted by Crippen LogP contribution is 2.30. The van der Waals surface area contributed by atoms with Gasteiger partial charge >= 0.3 is 0 Å². The number of rotatable bonds is 8. The number of fused-ring (bicyclic) bond motifs is 3. The predicted molar refractivity (Wildman–Crippen MR) is 139 cm³/mol. The van der Waals surface area contributed by atoms with Gasteiger partial charge in [-0.2, -0.15) is 0 Å². The van der Waals surface area contributed by atoms with Crippen LogP contribution in [0.2, 0.25) is 0 Å². The number of aromatic nitrogens is 4. The minimum atomic E-state index is 0.157. The Hall–Kier alpha value is -3.23. The standard InChI is InChI=1S/C27H34N6O2/c1-5-28-11-6-12-34-26-10-8-22(14-30-26)21-7-9-23-24(13-21)33-25(15-29-23)20(4)31-27(33)32-16-18(2)35-19(3)17-32/h7-10,13-15,18-19,28H,5-6,11-12,16-17H2,1-4H3/t18-,19+. The van der Waals surface area contributed by atoms with Gasteiger partial charge in [-0.3, -0.25) is 9.38 Å². The first-order valence-electron chi connectivity index (χ1n) is 12.5. The monoisotopic (exact) mass is 474 g/mol. The minimum absolute atomic E-state index is 0.157. The highest BCUT2D eigenvalue weighted by atomic mass is 16.5. The Balaban J connectivity index is 1.47. The molecule has 1 fully saturated rings. The van der Waals surface area contributed by atoms with Gasteiger partial charge in [0.1, 0.15) is 0 Å². The molecule has 0 saturated carbocycles. The average Bonchev–Trinajstić information content (AvgIpc) is 3.20. The number of pyridine rings is 1. The summed E-state index contributed by atoms with van der Waals surface area (Å²) >= 11 is 0. The maximum Gasteiger partial charge on any atom is 0.213 e. The van der Waals surface area contributed by atoms with Gasteiger partial charge in [-0.15, -0.1) is 0 Å². The lowest BCUT2D eigenvalue weighted by Crippen LogP contribution is -2.46. The lowest BCUT2D eigenvalue weighted by Gasteiger charge is -2.35. The van der Waals surface area contributed by atoms with Crippen LogP contribution in [-0.4, -0.2) is 64.3 Å². The first kappa shape index (κ1) is 23.5. The van der Waals surface area contributed by atoms with E-state index in [2.05, 4.69) is 64.6 Å². The molecule has 5 rings (SSSR count). The third kappa shape index (κ3) is 4.94. The zero-order chi connectivity index (χ0) is 24.4. The summed E-state index contributed by atoms with van der Waals surface area (Å²) in [5, 5.41) is 3.30. The van der Waals surface area contributed by atoms with Crippen molar-refractivity contribution in [1.29, 1.82) is 0 Å². The molecule has 1 aliphatic rings. The molecule has 2 atom stereocenters. The van der Waals surface area contributed by atoms with E-state index in [4.69, 9.17) is 19.4 Å². The van der Waals surface area contributed by atoms with Crippen molar-refractivity contribution >= 4 is 22.5 Å². The van der Waals surface area contributed by atoms with Crippen LogP contribution in [0.25, 0.3) is 27.7 Å². The molecule has 0 radical (unpaired) electrons. The number of morpholine rings is 1. The first-order valence-corrected chi connectivity index (χ1v) is 12.5. The van der Waals surface area contributed by atoms with Gasteiger partial charge in [-0.1, -0.05) is 13.0 Å². The van der Waals surface area contributed by atoms with Crippen LogP contribution >= 0.6 is 0 Å². The number of hydrogen-bond donors (Lipinski definition) is 1. The van der Waals surface area contributed by atoms with Gasteiger partial charge in [0.2, 0.25) is 11.8 Å². The molecule has 8 nitrogen and oxygen atoms in total. The van der Waals surface area contributed by atoms with Gasteiger partial charge in [0.25, 0.3) is 0 Å². The topological polar surface area (TPSA) is 76.8 Å². The smallest absolute Gasteiger partial charge is 0.213 e. The number of aryl methyl sites for hydroxylation is 1. The number of imidazole rings is 1. The molecule has 0 bridgehead atoms. The highest BCUT2D eigenvalue weighted by molar-refractivity contribution is 5.85. The van der Waals surface area contributed by atoms with Crippen molar-refractivity contribution in [2.24, 2.45) is 0 Å². The van der Waals surface area contributed by atoms with Crippen molar-refractivity contribution < 1.29 is 9.47 Å². The van der Waals surface area contributed by atoms with Gasteiger partial charge in [0, 0.05) is 30.9 Å². The maximum absolute atomic E-state index is 5.96. The Labute approximate surface area is 206 Å². The largest absolute Gasteiger partial charge is 0.478 e. The second kappa shape index (κ2) is 10.2. The van der Waals surface area contributed by atoms with Crippen LogP contribution in [0.4, 0.5) is 5.95 Å². The van der Waals surface area contributed by atoms with Crippen LogP contribution in [0.3, 0.4) is 0 Å². The summed E-state index contributed by atoms with van der Waals surface area (Å²) in [6, 6.07) is 10.3. The van der Waals surface area contributed by atoms with Gasteiger partial charge in [0.05, 0.1) is 47.3 Å². The number of hydrogen-bond acceptors (Lipinski definition) is 7. The van der Waals surface area contributed by atoms with Crippen molar-refractivity contribution in [3.05, 3.63) is 48.4 Å². The zero-order valence-corrected chi connectivity index (χ0v) is 21.0. The summed E-state index contributed by atoms with van der Waals surface area (Å²) in [7, 11) is 0. The average molecular weight is 475 g/mol. The lowest BCUT2D eigenvalue weighted by atomic mass is 10.1. The van der Waals surface area contributed by atoms with Crippen molar-refractivity contribution in [1.82, 2.24) is 24.7 Å².